The Balaban J connectivity index is 1.59. The Labute approximate surface area is 152 Å². The summed E-state index contributed by atoms with van der Waals surface area (Å²) < 4.78 is 0. The summed E-state index contributed by atoms with van der Waals surface area (Å²) in [6, 6.07) is 13.8. The number of hydrogen-bond acceptors (Lipinski definition) is 4. The molecule has 26 heavy (non-hydrogen) atoms. The molecule has 1 aliphatic heterocycles. The van der Waals surface area contributed by atoms with Crippen LogP contribution in [0, 0.1) is 0 Å². The van der Waals surface area contributed by atoms with E-state index < -0.39 is 6.03 Å². The van der Waals surface area contributed by atoms with Crippen molar-refractivity contribution in [2.45, 2.75) is 0 Å². The van der Waals surface area contributed by atoms with E-state index in [-0.39, 0.29) is 5.91 Å². The Hall–Kier alpha value is -3.06. The van der Waals surface area contributed by atoms with Crippen molar-refractivity contribution in [1.82, 2.24) is 4.90 Å². The first-order valence-corrected chi connectivity index (χ1v) is 8.53. The van der Waals surface area contributed by atoms with Gasteiger partial charge in [0.05, 0.1) is 0 Å². The van der Waals surface area contributed by atoms with Crippen molar-refractivity contribution in [2.24, 2.45) is 5.73 Å². The predicted molar refractivity (Wildman–Crippen MR) is 104 cm³/mol. The fourth-order valence-electron chi connectivity index (χ4n) is 2.87. The number of piperazine rings is 1. The van der Waals surface area contributed by atoms with E-state index in [1.54, 1.807) is 24.3 Å². The Morgan fingerprint density at radius 2 is 1.38 bits per heavy atom. The minimum absolute atomic E-state index is 0.206. The van der Waals surface area contributed by atoms with E-state index in [0.29, 0.717) is 11.3 Å². The fraction of sp³-hybridized carbons (Fsp3) is 0.263. The molecule has 0 atom stereocenters. The number of carbonyl (C=O) groups excluding carboxylic acids is 2. The number of primary amides is 1. The average Bonchev–Trinajstić information content (AvgIpc) is 2.63. The Kier molecular flexibility index (Phi) is 5.38. The number of nitrogens with one attached hydrogen (secondary N) is 2. The lowest BCUT2D eigenvalue weighted by atomic mass is 10.2. The second-order valence-electron chi connectivity index (χ2n) is 6.36. The van der Waals surface area contributed by atoms with Crippen molar-refractivity contribution in [3.8, 4) is 0 Å². The van der Waals surface area contributed by atoms with E-state index in [2.05, 4.69) is 27.5 Å². The maximum absolute atomic E-state index is 12.3. The molecular formula is C19H23N5O2. The second-order valence-corrected chi connectivity index (χ2v) is 6.36. The van der Waals surface area contributed by atoms with E-state index >= 15 is 0 Å². The molecule has 2 aromatic rings. The summed E-state index contributed by atoms with van der Waals surface area (Å²) in [6.07, 6.45) is 0. The number of likely N-dealkylation sites (N-methyl/N-ethyl adjacent to an activating group) is 1. The first-order valence-electron chi connectivity index (χ1n) is 8.53. The molecule has 7 heteroatoms. The lowest BCUT2D eigenvalue weighted by molar-refractivity contribution is 0.102. The Morgan fingerprint density at radius 3 is 1.96 bits per heavy atom. The van der Waals surface area contributed by atoms with Crippen LogP contribution in [0.15, 0.2) is 48.5 Å². The zero-order chi connectivity index (χ0) is 18.5. The summed E-state index contributed by atoms with van der Waals surface area (Å²) in [6.45, 7) is 4.12. The van der Waals surface area contributed by atoms with Gasteiger partial charge in [0.2, 0.25) is 0 Å². The zero-order valence-corrected chi connectivity index (χ0v) is 14.7. The smallest absolute Gasteiger partial charge is 0.316 e. The Morgan fingerprint density at radius 1 is 0.846 bits per heavy atom. The third-order valence-electron chi connectivity index (χ3n) is 4.41. The molecule has 0 saturated carbocycles. The van der Waals surface area contributed by atoms with Crippen LogP contribution in [-0.4, -0.2) is 50.1 Å². The summed E-state index contributed by atoms with van der Waals surface area (Å²) in [5.41, 5.74) is 8.02. The number of nitrogens with zero attached hydrogens (tertiary/aromatic N) is 2. The van der Waals surface area contributed by atoms with Crippen LogP contribution in [0.1, 0.15) is 10.4 Å². The van der Waals surface area contributed by atoms with Gasteiger partial charge in [-0.15, -0.1) is 0 Å². The van der Waals surface area contributed by atoms with Crippen LogP contribution < -0.4 is 21.3 Å². The lowest BCUT2D eigenvalue weighted by Crippen LogP contribution is -2.44. The van der Waals surface area contributed by atoms with Crippen LogP contribution in [0.3, 0.4) is 0 Å². The molecule has 0 aliphatic carbocycles. The van der Waals surface area contributed by atoms with Crippen LogP contribution in [0.5, 0.6) is 0 Å². The Bertz CT molecular complexity index is 766. The van der Waals surface area contributed by atoms with Crippen LogP contribution >= 0.6 is 0 Å². The van der Waals surface area contributed by atoms with E-state index in [9.17, 15) is 9.59 Å². The van der Waals surface area contributed by atoms with Gasteiger partial charge in [-0.2, -0.15) is 0 Å². The highest BCUT2D eigenvalue weighted by atomic mass is 16.2. The molecule has 1 aliphatic rings. The predicted octanol–water partition coefficient (Wildman–Crippen LogP) is 2.18. The van der Waals surface area contributed by atoms with Gasteiger partial charge in [0.15, 0.2) is 0 Å². The van der Waals surface area contributed by atoms with E-state index in [4.69, 9.17) is 5.73 Å². The van der Waals surface area contributed by atoms with Crippen molar-refractivity contribution in [3.05, 3.63) is 54.1 Å². The zero-order valence-electron chi connectivity index (χ0n) is 14.7. The van der Waals surface area contributed by atoms with Crippen molar-refractivity contribution in [3.63, 3.8) is 0 Å². The first-order chi connectivity index (χ1) is 12.5. The normalized spacial score (nSPS) is 14.7. The molecule has 7 nitrogen and oxygen atoms in total. The standard InChI is InChI=1S/C19H23N5O2/c1-23-10-12-24(13-11-23)17-8-6-15(7-9-17)21-18(25)14-2-4-16(5-3-14)22-19(20)26/h2-9H,10-13H2,1H3,(H,21,25)(H3,20,22,26). The van der Waals surface area contributed by atoms with Crippen LogP contribution in [-0.2, 0) is 0 Å². The molecule has 0 spiro atoms. The first kappa shape index (κ1) is 17.8. The topological polar surface area (TPSA) is 90.7 Å². The number of nitrogens with two attached hydrogens (primary N) is 1. The van der Waals surface area contributed by atoms with Crippen molar-refractivity contribution in [2.75, 3.05) is 48.8 Å². The highest BCUT2D eigenvalue weighted by Crippen LogP contribution is 2.20. The van der Waals surface area contributed by atoms with Gasteiger partial charge < -0.3 is 26.2 Å². The van der Waals surface area contributed by atoms with Gasteiger partial charge >= 0.3 is 6.03 Å². The van der Waals surface area contributed by atoms with Crippen LogP contribution in [0.25, 0.3) is 0 Å². The van der Waals surface area contributed by atoms with Gasteiger partial charge in [-0.1, -0.05) is 0 Å². The molecule has 2 aromatic carbocycles. The van der Waals surface area contributed by atoms with Gasteiger partial charge in [-0.3, -0.25) is 4.79 Å². The van der Waals surface area contributed by atoms with Gasteiger partial charge in [-0.25, -0.2) is 4.79 Å². The number of benzene rings is 2. The summed E-state index contributed by atoms with van der Waals surface area (Å²) in [4.78, 5) is 27.8. The molecule has 1 heterocycles. The molecule has 4 N–H and O–H groups in total. The maximum atomic E-state index is 12.3. The van der Waals surface area contributed by atoms with Gasteiger partial charge in [-0.05, 0) is 55.6 Å². The molecule has 0 aromatic heterocycles. The quantitative estimate of drug-likeness (QED) is 0.786. The van der Waals surface area contributed by atoms with Gasteiger partial charge in [0.1, 0.15) is 0 Å². The SMILES string of the molecule is CN1CCN(c2ccc(NC(=O)c3ccc(NC(N)=O)cc3)cc2)CC1. The maximum Gasteiger partial charge on any atom is 0.316 e. The lowest BCUT2D eigenvalue weighted by Gasteiger charge is -2.34. The summed E-state index contributed by atoms with van der Waals surface area (Å²) in [5, 5.41) is 5.34. The van der Waals surface area contributed by atoms with Crippen molar-refractivity contribution in [1.29, 1.82) is 0 Å². The molecule has 3 amide bonds. The fourth-order valence-corrected chi connectivity index (χ4v) is 2.87. The number of anilines is 3. The molecule has 0 bridgehead atoms. The molecule has 1 saturated heterocycles. The van der Waals surface area contributed by atoms with E-state index in [1.807, 2.05) is 24.3 Å². The molecule has 1 fully saturated rings. The summed E-state index contributed by atoms with van der Waals surface area (Å²) in [5.74, 6) is -0.206. The highest BCUT2D eigenvalue weighted by Gasteiger charge is 2.14. The molecule has 0 unspecified atom stereocenters. The summed E-state index contributed by atoms with van der Waals surface area (Å²) >= 11 is 0. The van der Waals surface area contributed by atoms with Crippen molar-refractivity contribution >= 4 is 29.0 Å². The summed E-state index contributed by atoms with van der Waals surface area (Å²) in [7, 11) is 2.13. The van der Waals surface area contributed by atoms with Crippen LogP contribution in [0.2, 0.25) is 0 Å². The van der Waals surface area contributed by atoms with Crippen molar-refractivity contribution < 1.29 is 9.59 Å². The van der Waals surface area contributed by atoms with Gasteiger partial charge in [0, 0.05) is 48.8 Å². The molecule has 3 rings (SSSR count). The second kappa shape index (κ2) is 7.88. The number of rotatable bonds is 4. The number of amides is 3. The molecule has 0 radical (unpaired) electrons. The molecular weight excluding hydrogens is 330 g/mol. The van der Waals surface area contributed by atoms with E-state index in [0.717, 1.165) is 37.6 Å². The largest absolute Gasteiger partial charge is 0.369 e. The third kappa shape index (κ3) is 4.52. The van der Waals surface area contributed by atoms with Crippen LogP contribution in [0.4, 0.5) is 21.9 Å². The van der Waals surface area contributed by atoms with Gasteiger partial charge in [0.25, 0.3) is 5.91 Å². The number of urea groups is 1. The third-order valence-corrected chi connectivity index (χ3v) is 4.41. The minimum atomic E-state index is -0.636. The number of carbonyl (C=O) groups is 2. The molecule has 136 valence electrons. The number of hydrogen-bond donors (Lipinski definition) is 3. The minimum Gasteiger partial charge on any atom is -0.369 e. The highest BCUT2D eigenvalue weighted by molar-refractivity contribution is 6.04. The van der Waals surface area contributed by atoms with E-state index in [1.165, 1.54) is 0 Å². The average molecular weight is 353 g/mol. The monoisotopic (exact) mass is 353 g/mol.